The van der Waals surface area contributed by atoms with E-state index in [1.807, 2.05) is 63.4 Å². The maximum Gasteiger partial charge on any atom is 0.410 e. The van der Waals surface area contributed by atoms with Gasteiger partial charge in [-0.3, -0.25) is 4.98 Å². The molecule has 1 saturated heterocycles. The van der Waals surface area contributed by atoms with Gasteiger partial charge in [0.25, 0.3) is 0 Å². The summed E-state index contributed by atoms with van der Waals surface area (Å²) >= 11 is 6.70. The second-order valence-electron chi connectivity index (χ2n) is 11.6. The maximum atomic E-state index is 12.3. The number of likely N-dealkylation sites (tertiary alicyclic amines) is 1. The molecule has 1 aliphatic carbocycles. The zero-order valence-corrected chi connectivity index (χ0v) is 24.3. The van der Waals surface area contributed by atoms with Crippen molar-refractivity contribution in [2.24, 2.45) is 5.92 Å². The molecule has 2 heterocycles. The highest BCUT2D eigenvalue weighted by atomic mass is 35.5. The van der Waals surface area contributed by atoms with Gasteiger partial charge in [0.05, 0.1) is 18.4 Å². The molecule has 1 fully saturated rings. The minimum atomic E-state index is -0.489. The third-order valence-electron chi connectivity index (χ3n) is 7.38. The number of halogens is 1. The summed E-state index contributed by atoms with van der Waals surface area (Å²) in [5.41, 5.74) is 7.43. The molecule has 40 heavy (non-hydrogen) atoms. The largest absolute Gasteiger partial charge is 0.465 e. The minimum Gasteiger partial charge on any atom is -0.465 e. The first-order chi connectivity index (χ1) is 19.1. The number of hydrogen-bond acceptors (Lipinski definition) is 5. The lowest BCUT2D eigenvalue weighted by molar-refractivity contribution is -0.000899. The summed E-state index contributed by atoms with van der Waals surface area (Å²) < 4.78 is 10.4. The summed E-state index contributed by atoms with van der Waals surface area (Å²) in [6, 6.07) is 17.9. The molecule has 0 atom stereocenters. The minimum absolute atomic E-state index is 0.251. The van der Waals surface area contributed by atoms with Crippen molar-refractivity contribution in [3.8, 4) is 0 Å². The summed E-state index contributed by atoms with van der Waals surface area (Å²) in [4.78, 5) is 31.2. The lowest BCUT2D eigenvalue weighted by atomic mass is 9.89. The number of amides is 1. The number of allylic oxidation sites excluding steroid dienone is 1. The molecule has 0 unspecified atom stereocenters. The molecule has 0 saturated carbocycles. The Balaban J connectivity index is 1.44. The van der Waals surface area contributed by atoms with Gasteiger partial charge in [0, 0.05) is 29.9 Å². The Kier molecular flexibility index (Phi) is 7.99. The Morgan fingerprint density at radius 1 is 1.02 bits per heavy atom. The SMILES string of the molecule is COC(=O)c1ccc2c(c1)CCCC(c1ccccc1Cl)=C2c1ccc(CC2CN(C(=O)OC(C)(C)C)C2)cn1. The fourth-order valence-electron chi connectivity index (χ4n) is 5.50. The van der Waals surface area contributed by atoms with Crippen LogP contribution in [0.2, 0.25) is 5.02 Å². The second kappa shape index (κ2) is 11.5. The van der Waals surface area contributed by atoms with Gasteiger partial charge in [-0.15, -0.1) is 0 Å². The van der Waals surface area contributed by atoms with Crippen molar-refractivity contribution in [1.29, 1.82) is 0 Å². The number of carbonyl (C=O) groups excluding carboxylic acids is 2. The Bertz CT molecular complexity index is 1450. The first-order valence-corrected chi connectivity index (χ1v) is 14.1. The molecule has 208 valence electrons. The van der Waals surface area contributed by atoms with Crippen LogP contribution in [-0.4, -0.2) is 47.7 Å². The third-order valence-corrected chi connectivity index (χ3v) is 7.71. The van der Waals surface area contributed by atoms with Crippen LogP contribution in [0.15, 0.2) is 60.8 Å². The molecule has 0 spiro atoms. The van der Waals surface area contributed by atoms with Gasteiger partial charge in [0.15, 0.2) is 0 Å². The number of benzene rings is 2. The molecule has 1 aromatic heterocycles. The van der Waals surface area contributed by atoms with E-state index in [-0.39, 0.29) is 12.1 Å². The van der Waals surface area contributed by atoms with Gasteiger partial charge in [-0.2, -0.15) is 0 Å². The molecule has 0 bridgehead atoms. The number of pyridine rings is 1. The van der Waals surface area contributed by atoms with Crippen LogP contribution in [-0.2, 0) is 22.3 Å². The summed E-state index contributed by atoms with van der Waals surface area (Å²) in [5.74, 6) is 0.0426. The van der Waals surface area contributed by atoms with Gasteiger partial charge in [-0.25, -0.2) is 9.59 Å². The van der Waals surface area contributed by atoms with Crippen LogP contribution in [0.5, 0.6) is 0 Å². The number of ether oxygens (including phenoxy) is 2. The number of methoxy groups -OCH3 is 1. The van der Waals surface area contributed by atoms with Crippen molar-refractivity contribution >= 4 is 34.8 Å². The molecule has 3 aromatic rings. The van der Waals surface area contributed by atoms with Gasteiger partial charge in [-0.05, 0) is 104 Å². The normalized spacial score (nSPS) is 15.7. The van der Waals surface area contributed by atoms with E-state index in [0.29, 0.717) is 29.6 Å². The Morgan fingerprint density at radius 2 is 1.80 bits per heavy atom. The van der Waals surface area contributed by atoms with E-state index in [1.165, 1.54) is 7.11 Å². The molecule has 0 radical (unpaired) electrons. The number of aromatic nitrogens is 1. The highest BCUT2D eigenvalue weighted by Gasteiger charge is 2.33. The van der Waals surface area contributed by atoms with E-state index in [0.717, 1.165) is 64.8 Å². The average Bonchev–Trinajstić information content (AvgIpc) is 3.08. The molecule has 6 nitrogen and oxygen atoms in total. The van der Waals surface area contributed by atoms with Gasteiger partial charge >= 0.3 is 12.1 Å². The predicted molar refractivity (Wildman–Crippen MR) is 157 cm³/mol. The fourth-order valence-corrected chi connectivity index (χ4v) is 5.75. The topological polar surface area (TPSA) is 68.7 Å². The zero-order valence-electron chi connectivity index (χ0n) is 23.5. The molecule has 1 amide bonds. The molecule has 2 aromatic carbocycles. The number of carbonyl (C=O) groups is 2. The zero-order chi connectivity index (χ0) is 28.4. The Morgan fingerprint density at radius 3 is 2.48 bits per heavy atom. The summed E-state index contributed by atoms with van der Waals surface area (Å²) in [6.45, 7) is 7.02. The molecule has 5 rings (SSSR count). The highest BCUT2D eigenvalue weighted by Crippen LogP contribution is 2.41. The lowest BCUT2D eigenvalue weighted by Gasteiger charge is -2.39. The number of aryl methyl sites for hydroxylation is 1. The summed E-state index contributed by atoms with van der Waals surface area (Å²) in [7, 11) is 1.40. The highest BCUT2D eigenvalue weighted by molar-refractivity contribution is 6.32. The van der Waals surface area contributed by atoms with Gasteiger partial charge in [0.1, 0.15) is 5.60 Å². The first kappa shape index (κ1) is 27.9. The van der Waals surface area contributed by atoms with Crippen LogP contribution in [0.25, 0.3) is 11.1 Å². The van der Waals surface area contributed by atoms with Crippen molar-refractivity contribution in [2.75, 3.05) is 20.2 Å². The smallest absolute Gasteiger partial charge is 0.410 e. The van der Waals surface area contributed by atoms with Crippen LogP contribution in [0.4, 0.5) is 4.79 Å². The third kappa shape index (κ3) is 6.07. The van der Waals surface area contributed by atoms with Crippen LogP contribution >= 0.6 is 11.6 Å². The maximum absolute atomic E-state index is 12.3. The second-order valence-corrected chi connectivity index (χ2v) is 12.0. The van der Waals surface area contributed by atoms with E-state index in [4.69, 9.17) is 26.1 Å². The molecular formula is C33H35ClN2O4. The van der Waals surface area contributed by atoms with Crippen molar-refractivity contribution in [3.05, 3.63) is 99.3 Å². The Labute approximate surface area is 241 Å². The van der Waals surface area contributed by atoms with E-state index in [1.54, 1.807) is 4.90 Å². The van der Waals surface area contributed by atoms with Crippen LogP contribution < -0.4 is 0 Å². The molecular weight excluding hydrogens is 524 g/mol. The van der Waals surface area contributed by atoms with Gasteiger partial charge < -0.3 is 14.4 Å². The molecule has 1 aliphatic heterocycles. The first-order valence-electron chi connectivity index (χ1n) is 13.8. The molecule has 7 heteroatoms. The lowest BCUT2D eigenvalue weighted by Crippen LogP contribution is -2.52. The molecule has 0 N–H and O–H groups in total. The Hall–Kier alpha value is -3.64. The van der Waals surface area contributed by atoms with E-state index < -0.39 is 5.60 Å². The average molecular weight is 559 g/mol. The van der Waals surface area contributed by atoms with E-state index >= 15 is 0 Å². The predicted octanol–water partition coefficient (Wildman–Crippen LogP) is 7.23. The van der Waals surface area contributed by atoms with Gasteiger partial charge in [-0.1, -0.05) is 41.9 Å². The van der Waals surface area contributed by atoms with Crippen molar-refractivity contribution in [3.63, 3.8) is 0 Å². The number of fused-ring (bicyclic) bond motifs is 1. The van der Waals surface area contributed by atoms with E-state index in [9.17, 15) is 9.59 Å². The number of nitrogens with zero attached hydrogens (tertiary/aromatic N) is 2. The fraction of sp³-hybridized carbons (Fsp3) is 0.364. The van der Waals surface area contributed by atoms with Crippen LogP contribution in [0.3, 0.4) is 0 Å². The van der Waals surface area contributed by atoms with Crippen molar-refractivity contribution in [2.45, 2.75) is 52.1 Å². The van der Waals surface area contributed by atoms with Crippen molar-refractivity contribution < 1.29 is 19.1 Å². The van der Waals surface area contributed by atoms with Crippen LogP contribution in [0.1, 0.15) is 71.9 Å². The number of rotatable bonds is 5. The monoisotopic (exact) mass is 558 g/mol. The summed E-state index contributed by atoms with van der Waals surface area (Å²) in [5, 5.41) is 0.709. The number of hydrogen-bond donors (Lipinski definition) is 0. The van der Waals surface area contributed by atoms with E-state index in [2.05, 4.69) is 18.2 Å². The standard InChI is InChI=1S/C33H35ClN2O4/c1-33(2,3)40-32(38)36-19-22(20-36)16-21-12-15-29(35-18-21)30-25-14-13-24(31(37)39-4)17-23(25)8-7-10-27(30)26-9-5-6-11-28(26)34/h5-6,9,11-15,17-18,22H,7-8,10,16,19-20H2,1-4H3. The summed E-state index contributed by atoms with van der Waals surface area (Å²) in [6.07, 6.45) is 5.14. The van der Waals surface area contributed by atoms with Gasteiger partial charge in [0.2, 0.25) is 0 Å². The van der Waals surface area contributed by atoms with Crippen LogP contribution in [0, 0.1) is 5.92 Å². The molecule has 2 aliphatic rings. The van der Waals surface area contributed by atoms with Crippen molar-refractivity contribution in [1.82, 2.24) is 9.88 Å². The quantitative estimate of drug-likeness (QED) is 0.309. The number of esters is 1.